The third-order valence-electron chi connectivity index (χ3n) is 3.53. The minimum atomic E-state index is -0.251. The van der Waals surface area contributed by atoms with Crippen molar-refractivity contribution in [3.63, 3.8) is 0 Å². The number of nitrogens with zero attached hydrogens (tertiary/aromatic N) is 2. The molecule has 2 rings (SSSR count). The number of anilines is 1. The number of hydrogen-bond acceptors (Lipinski definition) is 3. The Morgan fingerprint density at radius 3 is 2.09 bits per heavy atom. The first-order valence-corrected chi connectivity index (χ1v) is 7.21. The van der Waals surface area contributed by atoms with Crippen LogP contribution in [0.3, 0.4) is 0 Å². The van der Waals surface area contributed by atoms with Gasteiger partial charge in [0.25, 0.3) is 5.91 Å². The van der Waals surface area contributed by atoms with Gasteiger partial charge in [-0.25, -0.2) is 0 Å². The summed E-state index contributed by atoms with van der Waals surface area (Å²) >= 11 is 0. The predicted molar refractivity (Wildman–Crippen MR) is 89.0 cm³/mol. The molecule has 2 aromatic carbocycles. The van der Waals surface area contributed by atoms with Gasteiger partial charge < -0.3 is 5.32 Å². The quantitative estimate of drug-likeness (QED) is 0.911. The lowest BCUT2D eigenvalue weighted by molar-refractivity contribution is 0.102. The summed E-state index contributed by atoms with van der Waals surface area (Å²) < 4.78 is 0. The maximum Gasteiger partial charge on any atom is 0.255 e. The molecule has 1 N–H and O–H groups in total. The lowest BCUT2D eigenvalue weighted by atomic mass is 9.87. The van der Waals surface area contributed by atoms with Gasteiger partial charge in [0.2, 0.25) is 0 Å². The van der Waals surface area contributed by atoms with Crippen molar-refractivity contribution in [1.82, 2.24) is 0 Å². The molecule has 0 aliphatic rings. The summed E-state index contributed by atoms with van der Waals surface area (Å²) in [6, 6.07) is 16.0. The van der Waals surface area contributed by atoms with Crippen LogP contribution in [0.5, 0.6) is 0 Å². The molecule has 0 unspecified atom stereocenters. The fourth-order valence-electron chi connectivity index (χ4n) is 2.14. The average molecular weight is 303 g/mol. The van der Waals surface area contributed by atoms with Crippen LogP contribution in [0.2, 0.25) is 0 Å². The SMILES string of the molecule is CC(C)(C)c1ccc(C(=O)Nc2ccc(C#N)c(C#N)c2)cc1. The first kappa shape index (κ1) is 16.3. The molecule has 4 nitrogen and oxygen atoms in total. The van der Waals surface area contributed by atoms with Gasteiger partial charge in [-0.1, -0.05) is 32.9 Å². The minimum Gasteiger partial charge on any atom is -0.322 e. The zero-order chi connectivity index (χ0) is 17.0. The van der Waals surface area contributed by atoms with E-state index in [1.807, 2.05) is 24.3 Å². The number of hydrogen-bond donors (Lipinski definition) is 1. The molecule has 0 atom stereocenters. The van der Waals surface area contributed by atoms with E-state index in [2.05, 4.69) is 26.1 Å². The largest absolute Gasteiger partial charge is 0.322 e. The lowest BCUT2D eigenvalue weighted by Gasteiger charge is -2.19. The van der Waals surface area contributed by atoms with Crippen LogP contribution in [0, 0.1) is 22.7 Å². The zero-order valence-electron chi connectivity index (χ0n) is 13.3. The molecule has 0 aromatic heterocycles. The molecule has 0 saturated heterocycles. The van der Waals surface area contributed by atoms with E-state index in [1.54, 1.807) is 18.2 Å². The van der Waals surface area contributed by atoms with Gasteiger partial charge in [-0.05, 0) is 41.3 Å². The van der Waals surface area contributed by atoms with Crippen molar-refractivity contribution in [3.05, 3.63) is 64.7 Å². The summed E-state index contributed by atoms with van der Waals surface area (Å²) in [6.07, 6.45) is 0. The van der Waals surface area contributed by atoms with E-state index in [4.69, 9.17) is 10.5 Å². The van der Waals surface area contributed by atoms with E-state index >= 15 is 0 Å². The smallest absolute Gasteiger partial charge is 0.255 e. The second kappa shape index (κ2) is 6.34. The Bertz CT molecular complexity index is 816. The molecule has 0 spiro atoms. The van der Waals surface area contributed by atoms with E-state index in [0.29, 0.717) is 16.8 Å². The van der Waals surface area contributed by atoms with Crippen LogP contribution in [0.4, 0.5) is 5.69 Å². The number of benzene rings is 2. The Hall–Kier alpha value is -3.11. The van der Waals surface area contributed by atoms with Crippen molar-refractivity contribution in [2.45, 2.75) is 26.2 Å². The number of carbonyl (C=O) groups is 1. The zero-order valence-corrected chi connectivity index (χ0v) is 13.3. The van der Waals surface area contributed by atoms with Crippen LogP contribution in [0.15, 0.2) is 42.5 Å². The molecular formula is C19H17N3O. The van der Waals surface area contributed by atoms with Crippen LogP contribution in [-0.2, 0) is 5.41 Å². The van der Waals surface area contributed by atoms with Crippen molar-refractivity contribution in [1.29, 1.82) is 10.5 Å². The normalized spacial score (nSPS) is 10.5. The molecule has 2 aromatic rings. The standard InChI is InChI=1S/C19H17N3O/c1-19(2,3)16-7-4-13(5-8-16)18(23)22-17-9-6-14(11-20)15(10-17)12-21/h4-10H,1-3H3,(H,22,23). The van der Waals surface area contributed by atoms with Crippen molar-refractivity contribution in [2.24, 2.45) is 0 Å². The van der Waals surface area contributed by atoms with Crippen LogP contribution in [0.1, 0.15) is 47.8 Å². The van der Waals surface area contributed by atoms with Gasteiger partial charge in [0.1, 0.15) is 12.1 Å². The number of nitrogens with one attached hydrogen (secondary N) is 1. The topological polar surface area (TPSA) is 76.7 Å². The summed E-state index contributed by atoms with van der Waals surface area (Å²) in [5, 5.41) is 20.7. The first-order valence-electron chi connectivity index (χ1n) is 7.21. The van der Waals surface area contributed by atoms with Gasteiger partial charge >= 0.3 is 0 Å². The fourth-order valence-corrected chi connectivity index (χ4v) is 2.14. The third-order valence-corrected chi connectivity index (χ3v) is 3.53. The van der Waals surface area contributed by atoms with Crippen molar-refractivity contribution in [2.75, 3.05) is 5.32 Å². The van der Waals surface area contributed by atoms with Gasteiger partial charge in [0.15, 0.2) is 0 Å². The number of rotatable bonds is 2. The van der Waals surface area contributed by atoms with E-state index < -0.39 is 0 Å². The summed E-state index contributed by atoms with van der Waals surface area (Å²) in [5.74, 6) is -0.251. The molecule has 1 amide bonds. The van der Waals surface area contributed by atoms with Crippen LogP contribution in [-0.4, -0.2) is 5.91 Å². The summed E-state index contributed by atoms with van der Waals surface area (Å²) in [5.41, 5.74) is 2.75. The maximum atomic E-state index is 12.3. The number of amides is 1. The summed E-state index contributed by atoms with van der Waals surface area (Å²) in [6.45, 7) is 6.34. The van der Waals surface area contributed by atoms with Gasteiger partial charge in [-0.3, -0.25) is 4.79 Å². The van der Waals surface area contributed by atoms with Gasteiger partial charge in [-0.15, -0.1) is 0 Å². The molecule has 0 heterocycles. The summed E-state index contributed by atoms with van der Waals surface area (Å²) in [7, 11) is 0. The Morgan fingerprint density at radius 1 is 0.957 bits per heavy atom. The van der Waals surface area contributed by atoms with E-state index in [0.717, 1.165) is 5.56 Å². The Kier molecular flexibility index (Phi) is 4.48. The second-order valence-electron chi connectivity index (χ2n) is 6.27. The van der Waals surface area contributed by atoms with Gasteiger partial charge in [-0.2, -0.15) is 10.5 Å². The first-order chi connectivity index (χ1) is 10.8. The summed E-state index contributed by atoms with van der Waals surface area (Å²) in [4.78, 5) is 12.3. The van der Waals surface area contributed by atoms with E-state index in [9.17, 15) is 4.79 Å². The highest BCUT2D eigenvalue weighted by atomic mass is 16.1. The number of carbonyl (C=O) groups excluding carboxylic acids is 1. The molecule has 0 bridgehead atoms. The fraction of sp³-hybridized carbons (Fsp3) is 0.211. The van der Waals surface area contributed by atoms with Crippen molar-refractivity contribution < 1.29 is 4.79 Å². The van der Waals surface area contributed by atoms with Crippen molar-refractivity contribution in [3.8, 4) is 12.1 Å². The Balaban J connectivity index is 2.20. The lowest BCUT2D eigenvalue weighted by Crippen LogP contribution is -2.14. The molecule has 114 valence electrons. The predicted octanol–water partition coefficient (Wildman–Crippen LogP) is 3.98. The van der Waals surface area contributed by atoms with Gasteiger partial charge in [0.05, 0.1) is 11.1 Å². The van der Waals surface area contributed by atoms with E-state index in [1.165, 1.54) is 12.1 Å². The third kappa shape index (κ3) is 3.75. The highest BCUT2D eigenvalue weighted by Gasteiger charge is 2.14. The van der Waals surface area contributed by atoms with Crippen LogP contribution >= 0.6 is 0 Å². The van der Waals surface area contributed by atoms with Crippen molar-refractivity contribution >= 4 is 11.6 Å². The molecular weight excluding hydrogens is 286 g/mol. The molecule has 0 fully saturated rings. The minimum absolute atomic E-state index is 0.0316. The number of nitriles is 2. The second-order valence-corrected chi connectivity index (χ2v) is 6.27. The van der Waals surface area contributed by atoms with Gasteiger partial charge in [0, 0.05) is 11.3 Å². The molecule has 23 heavy (non-hydrogen) atoms. The Labute approximate surface area is 136 Å². The highest BCUT2D eigenvalue weighted by Crippen LogP contribution is 2.22. The monoisotopic (exact) mass is 303 g/mol. The highest BCUT2D eigenvalue weighted by molar-refractivity contribution is 6.04. The molecule has 0 aliphatic heterocycles. The van der Waals surface area contributed by atoms with E-state index in [-0.39, 0.29) is 16.9 Å². The maximum absolute atomic E-state index is 12.3. The molecule has 4 heteroatoms. The molecule has 0 radical (unpaired) electrons. The average Bonchev–Trinajstić information content (AvgIpc) is 2.54. The molecule has 0 aliphatic carbocycles. The molecule has 0 saturated carbocycles. The van der Waals surface area contributed by atoms with Crippen LogP contribution in [0.25, 0.3) is 0 Å². The van der Waals surface area contributed by atoms with Crippen LogP contribution < -0.4 is 5.32 Å². The Morgan fingerprint density at radius 2 is 1.57 bits per heavy atom.